The molecule has 4 rings (SSSR count). The van der Waals surface area contributed by atoms with E-state index in [0.29, 0.717) is 17.8 Å². The third-order valence-corrected chi connectivity index (χ3v) is 10.9. The third kappa shape index (κ3) is 3.58. The van der Waals surface area contributed by atoms with Crippen LogP contribution in [0.15, 0.2) is 11.6 Å². The summed E-state index contributed by atoms with van der Waals surface area (Å²) in [5, 5.41) is 10.7. The Labute approximate surface area is 191 Å². The summed E-state index contributed by atoms with van der Waals surface area (Å²) in [6, 6.07) is 0. The second kappa shape index (κ2) is 8.00. The molecule has 0 aromatic heterocycles. The van der Waals surface area contributed by atoms with Gasteiger partial charge in [-0.15, -0.1) is 0 Å². The molecule has 2 heteroatoms. The highest BCUT2D eigenvalue weighted by Crippen LogP contribution is 2.68. The molecule has 0 aliphatic heterocycles. The summed E-state index contributed by atoms with van der Waals surface area (Å²) in [5.41, 5.74) is 1.39. The Bertz CT molecular complexity index is 733. The zero-order chi connectivity index (χ0) is 22.8. The summed E-state index contributed by atoms with van der Waals surface area (Å²) >= 11 is 0. The third-order valence-electron chi connectivity index (χ3n) is 10.9. The number of hydrogen-bond donors (Lipinski definition) is 1. The van der Waals surface area contributed by atoms with Crippen LogP contribution in [0.5, 0.6) is 0 Å². The molecule has 0 aromatic carbocycles. The summed E-state index contributed by atoms with van der Waals surface area (Å²) in [5.74, 6) is 4.73. The van der Waals surface area contributed by atoms with E-state index < -0.39 is 11.5 Å². The molecular weight excluding hydrogens is 380 g/mol. The van der Waals surface area contributed by atoms with Crippen LogP contribution in [-0.2, 0) is 4.79 Å². The topological polar surface area (TPSA) is 37.3 Å². The van der Waals surface area contributed by atoms with E-state index in [1.165, 1.54) is 50.5 Å². The average Bonchev–Trinajstić information content (AvgIpc) is 3.03. The molecule has 3 saturated carbocycles. The number of rotatable bonds is 5. The molecule has 0 aromatic rings. The first kappa shape index (κ1) is 23.5. The van der Waals surface area contributed by atoms with Gasteiger partial charge in [0.15, 0.2) is 5.78 Å². The van der Waals surface area contributed by atoms with Crippen molar-refractivity contribution in [2.75, 3.05) is 0 Å². The second-order valence-corrected chi connectivity index (χ2v) is 13.4. The number of Topliss-reactive ketones (excluding diaryl/α,β-unsaturated/α-hetero) is 1. The van der Waals surface area contributed by atoms with E-state index in [0.717, 1.165) is 36.0 Å². The molecule has 0 saturated heterocycles. The lowest BCUT2D eigenvalue weighted by atomic mass is 9.44. The molecule has 0 amide bonds. The Balaban J connectivity index is 1.56. The van der Waals surface area contributed by atoms with Crippen molar-refractivity contribution < 1.29 is 9.90 Å². The Morgan fingerprint density at radius 1 is 1.03 bits per heavy atom. The molecule has 1 N–H and O–H groups in total. The first-order valence-corrected chi connectivity index (χ1v) is 13.3. The van der Waals surface area contributed by atoms with Crippen LogP contribution in [-0.4, -0.2) is 17.0 Å². The van der Waals surface area contributed by atoms with Crippen molar-refractivity contribution in [3.63, 3.8) is 0 Å². The molecule has 2 nitrogen and oxygen atoms in total. The maximum absolute atomic E-state index is 12.8. The van der Waals surface area contributed by atoms with Crippen LogP contribution in [0.2, 0.25) is 0 Å². The van der Waals surface area contributed by atoms with Gasteiger partial charge in [-0.1, -0.05) is 79.4 Å². The molecule has 31 heavy (non-hydrogen) atoms. The second-order valence-electron chi connectivity index (χ2n) is 13.4. The summed E-state index contributed by atoms with van der Waals surface area (Å²) in [6.45, 7) is 16.4. The minimum Gasteiger partial charge on any atom is -0.384 e. The van der Waals surface area contributed by atoms with Gasteiger partial charge in [0.05, 0.1) is 0 Å². The Kier molecular flexibility index (Phi) is 6.07. The van der Waals surface area contributed by atoms with E-state index >= 15 is 0 Å². The maximum atomic E-state index is 12.8. The van der Waals surface area contributed by atoms with Crippen LogP contribution >= 0.6 is 0 Å². The van der Waals surface area contributed by atoms with Gasteiger partial charge in [-0.2, -0.15) is 0 Å². The van der Waals surface area contributed by atoms with Crippen LogP contribution < -0.4 is 0 Å². The Morgan fingerprint density at radius 2 is 1.74 bits per heavy atom. The van der Waals surface area contributed by atoms with E-state index in [-0.39, 0.29) is 11.2 Å². The first-order valence-electron chi connectivity index (χ1n) is 13.3. The van der Waals surface area contributed by atoms with Crippen molar-refractivity contribution in [2.24, 2.45) is 51.8 Å². The quantitative estimate of drug-likeness (QED) is 0.470. The molecular formula is C29H48O2. The number of carbonyl (C=O) groups is 1. The van der Waals surface area contributed by atoms with Crippen LogP contribution in [0, 0.1) is 51.8 Å². The fourth-order valence-corrected chi connectivity index (χ4v) is 9.35. The smallest absolute Gasteiger partial charge is 0.163 e. The standard InChI is InChI=1S/C29H48O2/c1-18(2)9-8-10-19(3)21-12-13-22-20-11-14-25-27(4,5)26(31)24(30)17-29(25,7)23(20)15-16-28(21,22)6/h14,18-23,26,31H,8-13,15-17H2,1-7H3/t19-,20+,21-,22+,23+,26+,28-,29-/m1/s1. The summed E-state index contributed by atoms with van der Waals surface area (Å²) in [7, 11) is 0. The van der Waals surface area contributed by atoms with Crippen LogP contribution in [0.4, 0.5) is 0 Å². The van der Waals surface area contributed by atoms with Crippen molar-refractivity contribution in [3.8, 4) is 0 Å². The van der Waals surface area contributed by atoms with Gasteiger partial charge in [0.1, 0.15) is 6.10 Å². The SMILES string of the molecule is CC(C)CCC[C@@H](C)[C@H]1CC[C@H]2[C@@H]3CC=C4C(C)(C)[C@@H](O)C(=O)C[C@]4(C)[C@H]3CC[C@]12C. The summed E-state index contributed by atoms with van der Waals surface area (Å²) in [6.07, 6.45) is 12.9. The first-order chi connectivity index (χ1) is 14.4. The predicted octanol–water partition coefficient (Wildman–Crippen LogP) is 7.20. The number of fused-ring (bicyclic) bond motifs is 5. The van der Waals surface area contributed by atoms with Gasteiger partial charge in [0.25, 0.3) is 0 Å². The lowest BCUT2D eigenvalue weighted by Gasteiger charge is -2.60. The van der Waals surface area contributed by atoms with Gasteiger partial charge < -0.3 is 5.11 Å². The molecule has 8 atom stereocenters. The molecule has 176 valence electrons. The fourth-order valence-electron chi connectivity index (χ4n) is 9.35. The van der Waals surface area contributed by atoms with Crippen molar-refractivity contribution in [1.82, 2.24) is 0 Å². The molecule has 0 heterocycles. The highest BCUT2D eigenvalue weighted by atomic mass is 16.3. The lowest BCUT2D eigenvalue weighted by molar-refractivity contribution is -0.144. The van der Waals surface area contributed by atoms with Crippen molar-refractivity contribution in [2.45, 2.75) is 112 Å². The molecule has 0 unspecified atom stereocenters. The van der Waals surface area contributed by atoms with E-state index in [2.05, 4.69) is 54.5 Å². The number of hydrogen-bond acceptors (Lipinski definition) is 2. The zero-order valence-electron chi connectivity index (χ0n) is 21.3. The lowest BCUT2D eigenvalue weighted by Crippen LogP contribution is -2.57. The Hall–Kier alpha value is -0.630. The van der Waals surface area contributed by atoms with E-state index in [1.54, 1.807) is 0 Å². The average molecular weight is 429 g/mol. The largest absolute Gasteiger partial charge is 0.384 e. The van der Waals surface area contributed by atoms with Gasteiger partial charge >= 0.3 is 0 Å². The monoisotopic (exact) mass is 428 g/mol. The number of ketones is 1. The molecule has 0 radical (unpaired) electrons. The van der Waals surface area contributed by atoms with Crippen molar-refractivity contribution in [3.05, 3.63) is 11.6 Å². The maximum Gasteiger partial charge on any atom is 0.163 e. The molecule has 0 bridgehead atoms. The van der Waals surface area contributed by atoms with Crippen LogP contribution in [0.1, 0.15) is 106 Å². The van der Waals surface area contributed by atoms with Gasteiger partial charge in [-0.3, -0.25) is 4.79 Å². The van der Waals surface area contributed by atoms with Gasteiger partial charge in [0.2, 0.25) is 0 Å². The summed E-state index contributed by atoms with van der Waals surface area (Å²) < 4.78 is 0. The van der Waals surface area contributed by atoms with Crippen molar-refractivity contribution in [1.29, 1.82) is 0 Å². The molecule has 0 spiro atoms. The highest BCUT2D eigenvalue weighted by molar-refractivity contribution is 5.87. The normalized spacial score (nSPS) is 45.0. The van der Waals surface area contributed by atoms with E-state index in [1.807, 2.05) is 0 Å². The van der Waals surface area contributed by atoms with Crippen LogP contribution in [0.25, 0.3) is 0 Å². The van der Waals surface area contributed by atoms with Gasteiger partial charge in [-0.05, 0) is 78.4 Å². The van der Waals surface area contributed by atoms with Crippen LogP contribution in [0.3, 0.4) is 0 Å². The zero-order valence-corrected chi connectivity index (χ0v) is 21.3. The van der Waals surface area contributed by atoms with E-state index in [9.17, 15) is 9.90 Å². The predicted molar refractivity (Wildman–Crippen MR) is 129 cm³/mol. The number of allylic oxidation sites excluding steroid dienone is 1. The fraction of sp³-hybridized carbons (Fsp3) is 0.897. The minimum absolute atomic E-state index is 0.0506. The van der Waals surface area contributed by atoms with Crippen molar-refractivity contribution >= 4 is 5.78 Å². The molecule has 3 fully saturated rings. The van der Waals surface area contributed by atoms with E-state index in [4.69, 9.17) is 0 Å². The minimum atomic E-state index is -0.834. The molecule has 4 aliphatic rings. The molecule has 4 aliphatic carbocycles. The number of carbonyl (C=O) groups excluding carboxylic acids is 1. The highest BCUT2D eigenvalue weighted by Gasteiger charge is 2.62. The number of aliphatic hydroxyl groups is 1. The summed E-state index contributed by atoms with van der Waals surface area (Å²) in [4.78, 5) is 12.8. The van der Waals surface area contributed by atoms with Gasteiger partial charge in [-0.25, -0.2) is 0 Å². The Morgan fingerprint density at radius 3 is 2.42 bits per heavy atom. The van der Waals surface area contributed by atoms with Gasteiger partial charge in [0, 0.05) is 11.8 Å². The number of aliphatic hydroxyl groups excluding tert-OH is 1.